The van der Waals surface area contributed by atoms with Gasteiger partial charge in [0.05, 0.1) is 18.2 Å². The van der Waals surface area contributed by atoms with Crippen molar-refractivity contribution in [3.8, 4) is 0 Å². The molecule has 0 spiro atoms. The van der Waals surface area contributed by atoms with Crippen molar-refractivity contribution in [3.63, 3.8) is 0 Å². The third-order valence-corrected chi connectivity index (χ3v) is 4.32. The Morgan fingerprint density at radius 2 is 1.68 bits per heavy atom. The van der Waals surface area contributed by atoms with Crippen LogP contribution in [0.15, 0.2) is 60.2 Å². The molecule has 1 aliphatic rings. The number of aliphatic hydroxyl groups excluding tert-OH is 2. The summed E-state index contributed by atoms with van der Waals surface area (Å²) in [5.41, 5.74) is 2.27. The van der Waals surface area contributed by atoms with Crippen molar-refractivity contribution < 1.29 is 19.8 Å². The molecule has 0 aromatic heterocycles. The van der Waals surface area contributed by atoms with E-state index in [2.05, 4.69) is 0 Å². The van der Waals surface area contributed by atoms with Crippen LogP contribution in [0.1, 0.15) is 22.7 Å². The summed E-state index contributed by atoms with van der Waals surface area (Å²) in [4.78, 5) is 26.3. The van der Waals surface area contributed by atoms with E-state index >= 15 is 0 Å². The highest BCUT2D eigenvalue weighted by atomic mass is 16.3. The van der Waals surface area contributed by atoms with Gasteiger partial charge in [-0.2, -0.15) is 0 Å². The zero-order chi connectivity index (χ0) is 18.0. The van der Waals surface area contributed by atoms with Crippen molar-refractivity contribution in [3.05, 3.63) is 76.9 Å². The lowest BCUT2D eigenvalue weighted by Gasteiger charge is -2.24. The number of aryl methyl sites for hydroxylation is 1. The number of aliphatic hydroxyl groups is 2. The molecule has 5 heteroatoms. The van der Waals surface area contributed by atoms with E-state index in [9.17, 15) is 19.8 Å². The zero-order valence-electron chi connectivity index (χ0n) is 13.8. The van der Waals surface area contributed by atoms with Crippen LogP contribution in [0, 0.1) is 6.92 Å². The van der Waals surface area contributed by atoms with Crippen LogP contribution >= 0.6 is 0 Å². The minimum atomic E-state index is -0.736. The van der Waals surface area contributed by atoms with Crippen molar-refractivity contribution >= 4 is 17.4 Å². The van der Waals surface area contributed by atoms with Gasteiger partial charge in [-0.05, 0) is 12.5 Å². The molecule has 2 aromatic carbocycles. The standard InChI is InChI=1S/C20H19NO4/c1-13-7-9-15(10-8-13)18(23)16-17(14-5-3-2-4-6-14)21(11-12-22)20(25)19(16)24/h2-10,17,22-23H,11-12H2,1H3. The van der Waals surface area contributed by atoms with E-state index in [4.69, 9.17) is 0 Å². The first-order valence-electron chi connectivity index (χ1n) is 8.06. The van der Waals surface area contributed by atoms with E-state index in [1.165, 1.54) is 4.90 Å². The first-order valence-corrected chi connectivity index (χ1v) is 8.06. The minimum absolute atomic E-state index is 0.0226. The van der Waals surface area contributed by atoms with Crippen LogP contribution in [0.2, 0.25) is 0 Å². The number of Topliss-reactive ketones (excluding diaryl/α,β-unsaturated/α-hetero) is 1. The highest BCUT2D eigenvalue weighted by Crippen LogP contribution is 2.38. The van der Waals surface area contributed by atoms with Gasteiger partial charge >= 0.3 is 0 Å². The lowest BCUT2D eigenvalue weighted by molar-refractivity contribution is -0.140. The Morgan fingerprint density at radius 1 is 1.04 bits per heavy atom. The van der Waals surface area contributed by atoms with E-state index in [0.717, 1.165) is 5.56 Å². The maximum absolute atomic E-state index is 12.6. The molecule has 3 rings (SSSR count). The summed E-state index contributed by atoms with van der Waals surface area (Å²) in [6.07, 6.45) is 0. The molecule has 1 aliphatic heterocycles. The number of nitrogens with zero attached hydrogens (tertiary/aromatic N) is 1. The quantitative estimate of drug-likeness (QED) is 0.510. The SMILES string of the molecule is Cc1ccc(C(O)=C2C(=O)C(=O)N(CCO)C2c2ccccc2)cc1. The number of likely N-dealkylation sites (tertiary alicyclic amines) is 1. The Bertz CT molecular complexity index is 825. The molecule has 1 atom stereocenters. The van der Waals surface area contributed by atoms with Crippen LogP contribution in [-0.4, -0.2) is 40.0 Å². The Hall–Kier alpha value is -2.92. The van der Waals surface area contributed by atoms with Gasteiger partial charge in [0.1, 0.15) is 5.76 Å². The molecule has 2 aromatic rings. The summed E-state index contributed by atoms with van der Waals surface area (Å²) in [7, 11) is 0. The molecular weight excluding hydrogens is 318 g/mol. The third-order valence-electron chi connectivity index (χ3n) is 4.32. The molecule has 1 saturated heterocycles. The largest absolute Gasteiger partial charge is 0.507 e. The Labute approximate surface area is 145 Å². The van der Waals surface area contributed by atoms with Crippen LogP contribution in [0.4, 0.5) is 0 Å². The molecule has 0 radical (unpaired) electrons. The van der Waals surface area contributed by atoms with Crippen LogP contribution in [0.25, 0.3) is 5.76 Å². The van der Waals surface area contributed by atoms with E-state index in [1.54, 1.807) is 36.4 Å². The number of ketones is 1. The normalized spacial score (nSPS) is 19.4. The van der Waals surface area contributed by atoms with E-state index in [1.807, 2.05) is 25.1 Å². The summed E-state index contributed by atoms with van der Waals surface area (Å²) in [5.74, 6) is -1.65. The number of carbonyl (C=O) groups excluding carboxylic acids is 2. The minimum Gasteiger partial charge on any atom is -0.507 e. The number of carbonyl (C=O) groups is 2. The lowest BCUT2D eigenvalue weighted by Crippen LogP contribution is -2.32. The summed E-state index contributed by atoms with van der Waals surface area (Å²) < 4.78 is 0. The Kier molecular flexibility index (Phi) is 4.67. The smallest absolute Gasteiger partial charge is 0.295 e. The molecule has 0 aliphatic carbocycles. The number of hydrogen-bond acceptors (Lipinski definition) is 4. The van der Waals surface area contributed by atoms with Crippen LogP contribution in [-0.2, 0) is 9.59 Å². The topological polar surface area (TPSA) is 77.8 Å². The van der Waals surface area contributed by atoms with Crippen LogP contribution < -0.4 is 0 Å². The second-order valence-electron chi connectivity index (χ2n) is 5.99. The lowest BCUT2D eigenvalue weighted by atomic mass is 9.95. The molecule has 1 amide bonds. The molecule has 128 valence electrons. The van der Waals surface area contributed by atoms with Crippen molar-refractivity contribution in [2.75, 3.05) is 13.2 Å². The van der Waals surface area contributed by atoms with E-state index < -0.39 is 17.7 Å². The van der Waals surface area contributed by atoms with Gasteiger partial charge in [-0.25, -0.2) is 0 Å². The van der Waals surface area contributed by atoms with Crippen molar-refractivity contribution in [1.29, 1.82) is 0 Å². The van der Waals surface area contributed by atoms with Crippen molar-refractivity contribution in [2.24, 2.45) is 0 Å². The molecule has 1 heterocycles. The van der Waals surface area contributed by atoms with Gasteiger partial charge in [0, 0.05) is 12.1 Å². The fraction of sp³-hybridized carbons (Fsp3) is 0.200. The average Bonchev–Trinajstić information content (AvgIpc) is 2.88. The monoisotopic (exact) mass is 337 g/mol. The highest BCUT2D eigenvalue weighted by Gasteiger charge is 2.45. The van der Waals surface area contributed by atoms with Crippen LogP contribution in [0.3, 0.4) is 0 Å². The first kappa shape index (κ1) is 16.9. The van der Waals surface area contributed by atoms with Gasteiger partial charge in [-0.1, -0.05) is 60.2 Å². The number of hydrogen-bond donors (Lipinski definition) is 2. The first-order chi connectivity index (χ1) is 12.0. The highest BCUT2D eigenvalue weighted by molar-refractivity contribution is 6.46. The molecule has 2 N–H and O–H groups in total. The van der Waals surface area contributed by atoms with Gasteiger partial charge in [0.15, 0.2) is 0 Å². The van der Waals surface area contributed by atoms with Gasteiger partial charge in [0.2, 0.25) is 0 Å². The summed E-state index contributed by atoms with van der Waals surface area (Å²) in [6.45, 7) is 1.68. The summed E-state index contributed by atoms with van der Waals surface area (Å²) in [5, 5.41) is 20.0. The predicted octanol–water partition coefficient (Wildman–Crippen LogP) is 2.41. The van der Waals surface area contributed by atoms with E-state index in [0.29, 0.717) is 11.1 Å². The fourth-order valence-corrected chi connectivity index (χ4v) is 3.07. The number of rotatable bonds is 4. The number of benzene rings is 2. The summed E-state index contributed by atoms with van der Waals surface area (Å²) >= 11 is 0. The summed E-state index contributed by atoms with van der Waals surface area (Å²) in [6, 6.07) is 15.4. The Balaban J connectivity index is 2.17. The maximum atomic E-state index is 12.6. The second kappa shape index (κ2) is 6.91. The van der Waals surface area contributed by atoms with Gasteiger partial charge in [-0.15, -0.1) is 0 Å². The zero-order valence-corrected chi connectivity index (χ0v) is 13.8. The van der Waals surface area contributed by atoms with Gasteiger partial charge < -0.3 is 15.1 Å². The second-order valence-corrected chi connectivity index (χ2v) is 5.99. The molecule has 0 saturated carbocycles. The molecule has 1 unspecified atom stereocenters. The molecule has 25 heavy (non-hydrogen) atoms. The van der Waals surface area contributed by atoms with Crippen molar-refractivity contribution in [1.82, 2.24) is 4.90 Å². The van der Waals surface area contributed by atoms with Crippen LogP contribution in [0.5, 0.6) is 0 Å². The molecular formula is C20H19NO4. The maximum Gasteiger partial charge on any atom is 0.295 e. The molecule has 0 bridgehead atoms. The number of β-amino-alcohol motifs (C(OH)–C–C–N with tert-alkyl or cyclic N) is 1. The predicted molar refractivity (Wildman–Crippen MR) is 93.7 cm³/mol. The van der Waals surface area contributed by atoms with Gasteiger partial charge in [-0.3, -0.25) is 9.59 Å². The molecule has 5 nitrogen and oxygen atoms in total. The Morgan fingerprint density at radius 3 is 2.28 bits per heavy atom. The van der Waals surface area contributed by atoms with E-state index in [-0.39, 0.29) is 24.5 Å². The molecule has 1 fully saturated rings. The third kappa shape index (κ3) is 3.06. The average molecular weight is 337 g/mol. The number of amides is 1. The van der Waals surface area contributed by atoms with Crippen molar-refractivity contribution in [2.45, 2.75) is 13.0 Å². The fourth-order valence-electron chi connectivity index (χ4n) is 3.07. The van der Waals surface area contributed by atoms with Gasteiger partial charge in [0.25, 0.3) is 11.7 Å².